The molecule has 1 aromatic heterocycles. The van der Waals surface area contributed by atoms with Crippen LogP contribution in [0.2, 0.25) is 5.02 Å². The molecule has 0 aliphatic carbocycles. The molecule has 1 aliphatic heterocycles. The van der Waals surface area contributed by atoms with Crippen molar-refractivity contribution in [3.8, 4) is 5.75 Å². The monoisotopic (exact) mass is 505 g/mol. The van der Waals surface area contributed by atoms with Gasteiger partial charge in [0.05, 0.1) is 23.2 Å². The molecule has 1 saturated heterocycles. The number of piperidine rings is 1. The first-order valence-electron chi connectivity index (χ1n) is 10.4. The zero-order valence-corrected chi connectivity index (χ0v) is 20.4. The Labute approximate surface area is 203 Å². The standard InChI is InChI=1S/C22H24ClN5O3S2/c1-31-21-8-5-16(11-19(21)23)26-22(32)27-25-14-15-13-24-20-7-6-17(12-18(15)20)33(29,30)28-9-3-2-4-10-28/h5-8,11-14,24H,2-4,9-10H2,1H3,(H2,26,27,32)/b25-14-. The summed E-state index contributed by atoms with van der Waals surface area (Å²) in [6.45, 7) is 1.13. The number of anilines is 1. The van der Waals surface area contributed by atoms with Crippen LogP contribution in [0.25, 0.3) is 10.9 Å². The van der Waals surface area contributed by atoms with Crippen LogP contribution in [0, 0.1) is 0 Å². The number of sulfonamides is 1. The molecular formula is C22H24ClN5O3S2. The third-order valence-electron chi connectivity index (χ3n) is 5.42. The van der Waals surface area contributed by atoms with Gasteiger partial charge in [-0.05, 0) is 61.5 Å². The number of methoxy groups -OCH3 is 1. The van der Waals surface area contributed by atoms with Crippen LogP contribution in [0.15, 0.2) is 52.6 Å². The minimum atomic E-state index is -3.52. The quantitative estimate of drug-likeness (QED) is 0.262. The number of halogens is 1. The van der Waals surface area contributed by atoms with Gasteiger partial charge in [0.25, 0.3) is 0 Å². The van der Waals surface area contributed by atoms with Gasteiger partial charge in [0.15, 0.2) is 5.11 Å². The number of rotatable bonds is 6. The number of thiocarbonyl (C=S) groups is 1. The molecule has 4 rings (SSSR count). The van der Waals surface area contributed by atoms with E-state index in [1.54, 1.807) is 60.2 Å². The van der Waals surface area contributed by atoms with E-state index in [0.29, 0.717) is 29.5 Å². The van der Waals surface area contributed by atoms with E-state index in [9.17, 15) is 8.42 Å². The number of hydrogen-bond acceptors (Lipinski definition) is 5. The number of fused-ring (bicyclic) bond motifs is 1. The normalized spacial score (nSPS) is 15.1. The second-order valence-corrected chi connectivity index (χ2v) is 10.3. The minimum Gasteiger partial charge on any atom is -0.495 e. The predicted molar refractivity (Wildman–Crippen MR) is 136 cm³/mol. The fourth-order valence-corrected chi connectivity index (χ4v) is 5.68. The third-order valence-corrected chi connectivity index (χ3v) is 7.80. The minimum absolute atomic E-state index is 0.278. The highest BCUT2D eigenvalue weighted by molar-refractivity contribution is 7.89. The van der Waals surface area contributed by atoms with E-state index in [1.807, 2.05) is 0 Å². The molecule has 1 aliphatic rings. The molecule has 0 saturated carbocycles. The van der Waals surface area contributed by atoms with E-state index in [-0.39, 0.29) is 10.0 Å². The highest BCUT2D eigenvalue weighted by atomic mass is 35.5. The van der Waals surface area contributed by atoms with E-state index in [0.717, 1.165) is 35.7 Å². The van der Waals surface area contributed by atoms with Gasteiger partial charge >= 0.3 is 0 Å². The Morgan fingerprint density at radius 2 is 2.00 bits per heavy atom. The second-order valence-electron chi connectivity index (χ2n) is 7.59. The summed E-state index contributed by atoms with van der Waals surface area (Å²) >= 11 is 11.4. The van der Waals surface area contributed by atoms with Crippen molar-refractivity contribution in [1.29, 1.82) is 0 Å². The van der Waals surface area contributed by atoms with Crippen LogP contribution in [0.5, 0.6) is 5.75 Å². The van der Waals surface area contributed by atoms with Gasteiger partial charge in [0.2, 0.25) is 10.0 Å². The predicted octanol–water partition coefficient (Wildman–Crippen LogP) is 4.33. The molecule has 2 heterocycles. The number of nitrogens with zero attached hydrogens (tertiary/aromatic N) is 2. The maximum atomic E-state index is 13.0. The average Bonchev–Trinajstić information content (AvgIpc) is 3.22. The van der Waals surface area contributed by atoms with Crippen molar-refractivity contribution in [2.45, 2.75) is 24.2 Å². The highest BCUT2D eigenvalue weighted by Gasteiger charge is 2.26. The van der Waals surface area contributed by atoms with Crippen LogP contribution in [0.1, 0.15) is 24.8 Å². The molecule has 0 atom stereocenters. The lowest BCUT2D eigenvalue weighted by Crippen LogP contribution is -2.35. The number of aromatic amines is 1. The van der Waals surface area contributed by atoms with E-state index in [2.05, 4.69) is 20.8 Å². The van der Waals surface area contributed by atoms with E-state index >= 15 is 0 Å². The van der Waals surface area contributed by atoms with E-state index in [4.69, 9.17) is 28.6 Å². The highest BCUT2D eigenvalue weighted by Crippen LogP contribution is 2.27. The largest absolute Gasteiger partial charge is 0.495 e. The van der Waals surface area contributed by atoms with Crippen LogP contribution in [0.3, 0.4) is 0 Å². The maximum absolute atomic E-state index is 13.0. The lowest BCUT2D eigenvalue weighted by atomic mass is 10.2. The Morgan fingerprint density at radius 1 is 1.21 bits per heavy atom. The van der Waals surface area contributed by atoms with Crippen LogP contribution in [-0.4, -0.2) is 49.2 Å². The molecule has 3 N–H and O–H groups in total. The molecular weight excluding hydrogens is 482 g/mol. The van der Waals surface area contributed by atoms with E-state index in [1.165, 1.54) is 0 Å². The molecule has 8 nitrogen and oxygen atoms in total. The molecule has 33 heavy (non-hydrogen) atoms. The molecule has 0 bridgehead atoms. The van der Waals surface area contributed by atoms with E-state index < -0.39 is 10.0 Å². The van der Waals surface area contributed by atoms with Crippen molar-refractivity contribution >= 4 is 61.8 Å². The Balaban J connectivity index is 1.46. The fraction of sp³-hybridized carbons (Fsp3) is 0.273. The molecule has 0 radical (unpaired) electrons. The number of benzene rings is 2. The van der Waals surface area contributed by atoms with Crippen molar-refractivity contribution in [3.63, 3.8) is 0 Å². The molecule has 3 aromatic rings. The summed E-state index contributed by atoms with van der Waals surface area (Å²) in [4.78, 5) is 3.42. The topological polar surface area (TPSA) is 98.8 Å². The first-order chi connectivity index (χ1) is 15.9. The number of H-pyrrole nitrogens is 1. The molecule has 0 unspecified atom stereocenters. The SMILES string of the molecule is COc1ccc(NC(=S)N/N=C\c2c[nH]c3ccc(S(=O)(=O)N4CCCCC4)cc23)cc1Cl. The summed E-state index contributed by atoms with van der Waals surface area (Å²) in [7, 11) is -1.97. The molecule has 0 amide bonds. The smallest absolute Gasteiger partial charge is 0.243 e. The van der Waals surface area contributed by atoms with Crippen molar-refractivity contribution in [3.05, 3.63) is 53.2 Å². The number of hydrogen-bond donors (Lipinski definition) is 3. The molecule has 2 aromatic carbocycles. The van der Waals surface area contributed by atoms with Crippen LogP contribution < -0.4 is 15.5 Å². The molecule has 11 heteroatoms. The van der Waals surface area contributed by atoms with Crippen molar-refractivity contribution in [1.82, 2.24) is 14.7 Å². The number of nitrogens with one attached hydrogen (secondary N) is 3. The fourth-order valence-electron chi connectivity index (χ4n) is 3.71. The first kappa shape index (κ1) is 23.5. The van der Waals surface area contributed by atoms with Gasteiger partial charge in [-0.25, -0.2) is 8.42 Å². The van der Waals surface area contributed by atoms with Gasteiger partial charge in [0, 0.05) is 41.4 Å². The molecule has 174 valence electrons. The lowest BCUT2D eigenvalue weighted by molar-refractivity contribution is 0.346. The molecule has 0 spiro atoms. The summed E-state index contributed by atoms with van der Waals surface area (Å²) in [5, 5.41) is 8.68. The van der Waals surface area contributed by atoms with Crippen molar-refractivity contribution in [2.24, 2.45) is 5.10 Å². The van der Waals surface area contributed by atoms with Gasteiger partial charge < -0.3 is 15.0 Å². The summed E-state index contributed by atoms with van der Waals surface area (Å²) in [5.41, 5.74) is 5.00. The maximum Gasteiger partial charge on any atom is 0.243 e. The zero-order valence-electron chi connectivity index (χ0n) is 18.0. The molecule has 1 fully saturated rings. The Bertz CT molecular complexity index is 1300. The zero-order chi connectivity index (χ0) is 23.4. The van der Waals surface area contributed by atoms with Gasteiger partial charge in [-0.15, -0.1) is 0 Å². The Kier molecular flexibility index (Phi) is 7.18. The summed E-state index contributed by atoms with van der Waals surface area (Å²) in [5.74, 6) is 0.570. The van der Waals surface area contributed by atoms with Gasteiger partial charge in [-0.2, -0.15) is 9.41 Å². The van der Waals surface area contributed by atoms with Gasteiger partial charge in [0.1, 0.15) is 5.75 Å². The second kappa shape index (κ2) is 10.1. The van der Waals surface area contributed by atoms with Gasteiger partial charge in [-0.1, -0.05) is 18.0 Å². The number of hydrazone groups is 1. The van der Waals surface area contributed by atoms with Crippen LogP contribution in [-0.2, 0) is 10.0 Å². The first-order valence-corrected chi connectivity index (χ1v) is 12.7. The van der Waals surface area contributed by atoms with Crippen LogP contribution in [0.4, 0.5) is 5.69 Å². The Hall–Kier alpha value is -2.66. The number of aromatic nitrogens is 1. The average molecular weight is 506 g/mol. The van der Waals surface area contributed by atoms with Crippen molar-refractivity contribution < 1.29 is 13.2 Å². The van der Waals surface area contributed by atoms with Crippen LogP contribution >= 0.6 is 23.8 Å². The Morgan fingerprint density at radius 3 is 2.73 bits per heavy atom. The summed E-state index contributed by atoms with van der Waals surface area (Å²) in [6.07, 6.45) is 6.22. The summed E-state index contributed by atoms with van der Waals surface area (Å²) in [6, 6.07) is 10.3. The third kappa shape index (κ3) is 5.30. The van der Waals surface area contributed by atoms with Crippen molar-refractivity contribution in [2.75, 3.05) is 25.5 Å². The lowest BCUT2D eigenvalue weighted by Gasteiger charge is -2.25. The summed E-state index contributed by atoms with van der Waals surface area (Å²) < 4.78 is 32.8. The number of ether oxygens (including phenoxy) is 1. The van der Waals surface area contributed by atoms with Gasteiger partial charge in [-0.3, -0.25) is 5.43 Å².